The van der Waals surface area contributed by atoms with Gasteiger partial charge in [0.2, 0.25) is 0 Å². The molecule has 0 radical (unpaired) electrons. The maximum absolute atomic E-state index is 11.9. The Morgan fingerprint density at radius 1 is 1.15 bits per heavy atom. The third-order valence-electron chi connectivity index (χ3n) is 1.49. The van der Waals surface area contributed by atoms with Crippen molar-refractivity contribution in [3.63, 3.8) is 0 Å². The van der Waals surface area contributed by atoms with Gasteiger partial charge >= 0.3 is 0 Å². The van der Waals surface area contributed by atoms with E-state index in [1.807, 2.05) is 0 Å². The zero-order valence-corrected chi connectivity index (χ0v) is 7.24. The van der Waals surface area contributed by atoms with Crippen LogP contribution in [0.25, 0.3) is 0 Å². The molecule has 4 nitrogen and oxygen atoms in total. The fourth-order valence-electron chi connectivity index (χ4n) is 0.949. The van der Waals surface area contributed by atoms with Gasteiger partial charge in [0.15, 0.2) is 0 Å². The van der Waals surface area contributed by atoms with Gasteiger partial charge in [-0.15, -0.1) is 0 Å². The average Bonchev–Trinajstić information content (AvgIpc) is 2.03. The fraction of sp³-hybridized carbons (Fsp3) is 1.00. The zero-order valence-electron chi connectivity index (χ0n) is 7.24. The van der Waals surface area contributed by atoms with E-state index in [2.05, 4.69) is 0 Å². The van der Waals surface area contributed by atoms with Crippen molar-refractivity contribution >= 4 is 0 Å². The number of hydrogen-bond donors (Lipinski definition) is 3. The predicted molar refractivity (Wildman–Crippen MR) is 42.6 cm³/mol. The molecular formula is C7H15F2NO3. The van der Waals surface area contributed by atoms with E-state index in [-0.39, 0.29) is 19.7 Å². The monoisotopic (exact) mass is 199 g/mol. The molecular weight excluding hydrogens is 184 g/mol. The van der Waals surface area contributed by atoms with Gasteiger partial charge in [-0.3, -0.25) is 4.90 Å². The van der Waals surface area contributed by atoms with Crippen LogP contribution in [0.3, 0.4) is 0 Å². The third-order valence-corrected chi connectivity index (χ3v) is 1.49. The molecule has 0 rings (SSSR count). The number of aliphatic hydroxyl groups excluding tert-OH is 3. The van der Waals surface area contributed by atoms with E-state index in [1.165, 1.54) is 4.90 Å². The van der Waals surface area contributed by atoms with Gasteiger partial charge in [0.1, 0.15) is 0 Å². The largest absolute Gasteiger partial charge is 0.395 e. The lowest BCUT2D eigenvalue weighted by molar-refractivity contribution is 0.0251. The first-order chi connectivity index (χ1) is 6.10. The van der Waals surface area contributed by atoms with Crippen LogP contribution in [0.4, 0.5) is 8.78 Å². The number of rotatable bonds is 7. The summed E-state index contributed by atoms with van der Waals surface area (Å²) in [5.74, 6) is 0. The van der Waals surface area contributed by atoms with Crippen LogP contribution in [0.2, 0.25) is 0 Å². The molecule has 1 unspecified atom stereocenters. The Bertz CT molecular complexity index is 126. The summed E-state index contributed by atoms with van der Waals surface area (Å²) in [6, 6.07) is 0. The summed E-state index contributed by atoms with van der Waals surface area (Å²) in [4.78, 5) is 1.20. The molecule has 0 spiro atoms. The van der Waals surface area contributed by atoms with Gasteiger partial charge in [-0.1, -0.05) is 0 Å². The minimum atomic E-state index is -2.50. The molecule has 0 heterocycles. The highest BCUT2D eigenvalue weighted by molar-refractivity contribution is 4.64. The summed E-state index contributed by atoms with van der Waals surface area (Å²) < 4.78 is 23.8. The fourth-order valence-corrected chi connectivity index (χ4v) is 0.949. The smallest absolute Gasteiger partial charge is 0.251 e. The van der Waals surface area contributed by atoms with Gasteiger partial charge in [0, 0.05) is 13.1 Å². The molecule has 0 saturated carbocycles. The average molecular weight is 199 g/mol. The van der Waals surface area contributed by atoms with Gasteiger partial charge in [-0.2, -0.15) is 0 Å². The van der Waals surface area contributed by atoms with Crippen molar-refractivity contribution in [1.29, 1.82) is 0 Å². The zero-order chi connectivity index (χ0) is 10.3. The highest BCUT2D eigenvalue weighted by Crippen LogP contribution is 1.99. The predicted octanol–water partition coefficient (Wildman–Crippen LogP) is -1.10. The Morgan fingerprint density at radius 3 is 2.15 bits per heavy atom. The highest BCUT2D eigenvalue weighted by atomic mass is 19.3. The molecule has 0 aliphatic carbocycles. The maximum atomic E-state index is 11.9. The van der Waals surface area contributed by atoms with Crippen LogP contribution in [0, 0.1) is 0 Å². The van der Waals surface area contributed by atoms with Crippen LogP contribution in [0.1, 0.15) is 0 Å². The molecule has 1 atom stereocenters. The van der Waals surface area contributed by atoms with Crippen LogP contribution in [-0.2, 0) is 0 Å². The number of hydrogen-bond acceptors (Lipinski definition) is 4. The number of nitrogens with zero attached hydrogens (tertiary/aromatic N) is 1. The number of alkyl halides is 2. The SMILES string of the molecule is OCCN(CC(F)F)CC(O)CO. The van der Waals surface area contributed by atoms with E-state index >= 15 is 0 Å². The molecule has 3 N–H and O–H groups in total. The first-order valence-corrected chi connectivity index (χ1v) is 4.00. The highest BCUT2D eigenvalue weighted by Gasteiger charge is 2.14. The van der Waals surface area contributed by atoms with E-state index in [1.54, 1.807) is 0 Å². The summed E-state index contributed by atoms with van der Waals surface area (Å²) in [6.07, 6.45) is -3.54. The van der Waals surface area contributed by atoms with Crippen molar-refractivity contribution < 1.29 is 24.1 Å². The lowest BCUT2D eigenvalue weighted by Gasteiger charge is -2.22. The lowest BCUT2D eigenvalue weighted by atomic mass is 10.3. The van der Waals surface area contributed by atoms with E-state index in [0.717, 1.165) is 0 Å². The van der Waals surface area contributed by atoms with Crippen LogP contribution >= 0.6 is 0 Å². The Hall–Kier alpha value is -0.300. The Morgan fingerprint density at radius 2 is 1.77 bits per heavy atom. The molecule has 0 aromatic rings. The van der Waals surface area contributed by atoms with Crippen molar-refractivity contribution in [2.75, 3.05) is 32.8 Å². The second kappa shape index (κ2) is 7.14. The van der Waals surface area contributed by atoms with Crippen molar-refractivity contribution in [2.24, 2.45) is 0 Å². The quantitative estimate of drug-likeness (QED) is 0.487. The summed E-state index contributed by atoms with van der Waals surface area (Å²) in [6.45, 7) is -1.20. The molecule has 13 heavy (non-hydrogen) atoms. The van der Waals surface area contributed by atoms with Gasteiger partial charge in [0.25, 0.3) is 6.43 Å². The summed E-state index contributed by atoms with van der Waals surface area (Å²) >= 11 is 0. The van der Waals surface area contributed by atoms with Gasteiger partial charge in [-0.25, -0.2) is 8.78 Å². The van der Waals surface area contributed by atoms with Gasteiger partial charge in [-0.05, 0) is 0 Å². The van der Waals surface area contributed by atoms with Crippen molar-refractivity contribution in [2.45, 2.75) is 12.5 Å². The molecule has 0 aliphatic heterocycles. The molecule has 80 valence electrons. The Balaban J connectivity index is 3.78. The second-order valence-corrected chi connectivity index (χ2v) is 2.71. The van der Waals surface area contributed by atoms with E-state index in [4.69, 9.17) is 15.3 Å². The molecule has 0 bridgehead atoms. The number of halogens is 2. The van der Waals surface area contributed by atoms with Crippen LogP contribution in [-0.4, -0.2) is 65.6 Å². The first-order valence-electron chi connectivity index (χ1n) is 4.00. The topological polar surface area (TPSA) is 63.9 Å². The normalized spacial score (nSPS) is 14.1. The molecule has 0 aromatic heterocycles. The number of aliphatic hydroxyl groups is 3. The standard InChI is InChI=1S/C7H15F2NO3/c8-7(9)4-10(1-2-11)3-6(13)5-12/h6-7,11-13H,1-5H2. The van der Waals surface area contributed by atoms with Gasteiger partial charge < -0.3 is 15.3 Å². The first kappa shape index (κ1) is 12.7. The van der Waals surface area contributed by atoms with E-state index in [9.17, 15) is 8.78 Å². The molecule has 6 heteroatoms. The van der Waals surface area contributed by atoms with Gasteiger partial charge in [0.05, 0.1) is 25.9 Å². The molecule has 0 aromatic carbocycles. The Labute approximate surface area is 75.4 Å². The van der Waals surface area contributed by atoms with E-state index < -0.39 is 25.7 Å². The van der Waals surface area contributed by atoms with Crippen LogP contribution in [0.5, 0.6) is 0 Å². The summed E-state index contributed by atoms with van der Waals surface area (Å²) in [5, 5.41) is 25.9. The van der Waals surface area contributed by atoms with Crippen molar-refractivity contribution in [1.82, 2.24) is 4.90 Å². The maximum Gasteiger partial charge on any atom is 0.251 e. The minimum absolute atomic E-state index is 0.0542. The van der Waals surface area contributed by atoms with Crippen molar-refractivity contribution in [3.8, 4) is 0 Å². The van der Waals surface area contributed by atoms with E-state index in [0.29, 0.717) is 0 Å². The van der Waals surface area contributed by atoms with Crippen LogP contribution in [0.15, 0.2) is 0 Å². The molecule has 0 aliphatic rings. The molecule has 0 fully saturated rings. The van der Waals surface area contributed by atoms with Crippen LogP contribution < -0.4 is 0 Å². The second-order valence-electron chi connectivity index (χ2n) is 2.71. The third kappa shape index (κ3) is 6.83. The molecule has 0 amide bonds. The summed E-state index contributed by atoms with van der Waals surface area (Å²) in [7, 11) is 0. The minimum Gasteiger partial charge on any atom is -0.395 e. The Kier molecular flexibility index (Phi) is 6.97. The molecule has 0 saturated heterocycles. The van der Waals surface area contributed by atoms with Crippen molar-refractivity contribution in [3.05, 3.63) is 0 Å². The lowest BCUT2D eigenvalue weighted by Crippen LogP contribution is -2.39. The summed E-state index contributed by atoms with van der Waals surface area (Å²) in [5.41, 5.74) is 0.